The molecular weight excluding hydrogens is 506 g/mol. The predicted molar refractivity (Wildman–Crippen MR) is 147 cm³/mol. The van der Waals surface area contributed by atoms with Gasteiger partial charge >= 0.3 is 18.2 Å². The summed E-state index contributed by atoms with van der Waals surface area (Å²) < 4.78 is 21.7. The Bertz CT molecular complexity index is 1150. The second-order valence-corrected chi connectivity index (χ2v) is 10.8. The van der Waals surface area contributed by atoms with Crippen molar-refractivity contribution in [1.29, 1.82) is 0 Å². The molecule has 1 aromatic heterocycles. The van der Waals surface area contributed by atoms with Crippen LogP contribution in [0.25, 0.3) is 0 Å². The summed E-state index contributed by atoms with van der Waals surface area (Å²) in [6.45, 7) is 13.6. The van der Waals surface area contributed by atoms with E-state index in [9.17, 15) is 14.4 Å². The Labute approximate surface area is 228 Å². The van der Waals surface area contributed by atoms with Gasteiger partial charge in [0.1, 0.15) is 39.9 Å². The van der Waals surface area contributed by atoms with E-state index in [0.29, 0.717) is 0 Å². The highest BCUT2D eigenvalue weighted by atomic mass is 16.6. The lowest BCUT2D eigenvalue weighted by Crippen LogP contribution is -2.43. The van der Waals surface area contributed by atoms with E-state index < -0.39 is 29.4 Å². The zero-order chi connectivity index (χ0) is 28.8. The van der Waals surface area contributed by atoms with Crippen LogP contribution in [-0.2, 0) is 14.2 Å². The van der Waals surface area contributed by atoms with E-state index in [4.69, 9.17) is 18.9 Å². The fourth-order valence-corrected chi connectivity index (χ4v) is 3.63. The van der Waals surface area contributed by atoms with Gasteiger partial charge in [-0.15, -0.1) is 0 Å². The molecule has 212 valence electrons. The summed E-state index contributed by atoms with van der Waals surface area (Å²) in [6.07, 6.45) is -1.49. The number of pyridine rings is 1. The molecule has 0 saturated carbocycles. The molecule has 1 aromatic carbocycles. The normalized spacial score (nSPS) is 13.8. The smallest absolute Gasteiger partial charge is 0.413 e. The Morgan fingerprint density at radius 1 is 0.872 bits per heavy atom. The molecule has 3 rings (SSSR count). The number of anilines is 3. The third-order valence-corrected chi connectivity index (χ3v) is 5.14. The zero-order valence-electron chi connectivity index (χ0n) is 23.5. The maximum Gasteiger partial charge on any atom is 0.413 e. The zero-order valence-corrected chi connectivity index (χ0v) is 23.5. The van der Waals surface area contributed by atoms with E-state index in [0.717, 1.165) is 31.9 Å². The number of rotatable bonds is 6. The summed E-state index contributed by atoms with van der Waals surface area (Å²) in [7, 11) is 1.29. The number of amides is 2. The van der Waals surface area contributed by atoms with Crippen molar-refractivity contribution < 1.29 is 33.3 Å². The number of nitrogens with one attached hydrogen (secondary N) is 3. The fraction of sp³-hybridized carbons (Fsp3) is 0.481. The van der Waals surface area contributed by atoms with E-state index in [1.54, 1.807) is 53.7 Å². The van der Waals surface area contributed by atoms with Crippen LogP contribution in [0, 0.1) is 0 Å². The number of carbonyl (C=O) groups is 3. The molecule has 2 aromatic rings. The molecule has 39 heavy (non-hydrogen) atoms. The summed E-state index contributed by atoms with van der Waals surface area (Å²) in [5.74, 6) is -0.0678. The first kappa shape index (κ1) is 29.5. The molecule has 0 bridgehead atoms. The number of hydrogen-bond acceptors (Lipinski definition) is 10. The third kappa shape index (κ3) is 9.32. The second kappa shape index (κ2) is 12.2. The van der Waals surface area contributed by atoms with Crippen LogP contribution in [0.1, 0.15) is 51.9 Å². The van der Waals surface area contributed by atoms with Gasteiger partial charge in [0, 0.05) is 50.1 Å². The quantitative estimate of drug-likeness (QED) is 0.345. The fourth-order valence-electron chi connectivity index (χ4n) is 3.63. The number of aromatic nitrogens is 1. The molecule has 1 fully saturated rings. The predicted octanol–water partition coefficient (Wildman–Crippen LogP) is 4.76. The average molecular weight is 544 g/mol. The van der Waals surface area contributed by atoms with E-state index in [1.807, 2.05) is 6.07 Å². The minimum atomic E-state index is -0.744. The lowest BCUT2D eigenvalue weighted by atomic mass is 10.1. The minimum absolute atomic E-state index is 0.0469. The number of methoxy groups -OCH3 is 1. The van der Waals surface area contributed by atoms with Crippen molar-refractivity contribution in [2.24, 2.45) is 0 Å². The Balaban J connectivity index is 1.97. The van der Waals surface area contributed by atoms with Crippen molar-refractivity contribution in [3.8, 4) is 11.5 Å². The highest BCUT2D eigenvalue weighted by molar-refractivity contribution is 5.93. The number of esters is 1. The van der Waals surface area contributed by atoms with Crippen LogP contribution in [0.2, 0.25) is 0 Å². The van der Waals surface area contributed by atoms with Gasteiger partial charge in [0.15, 0.2) is 0 Å². The lowest BCUT2D eigenvalue weighted by molar-refractivity contribution is 0.0594. The number of carbonyl (C=O) groups excluding carboxylic acids is 3. The van der Waals surface area contributed by atoms with Gasteiger partial charge in [-0.2, -0.15) is 0 Å². The van der Waals surface area contributed by atoms with Crippen LogP contribution < -0.4 is 25.6 Å². The molecule has 1 aliphatic heterocycles. The van der Waals surface area contributed by atoms with E-state index >= 15 is 0 Å². The number of ether oxygens (including phenoxy) is 4. The number of hydrogen-bond donors (Lipinski definition) is 3. The summed E-state index contributed by atoms with van der Waals surface area (Å²) in [5.41, 5.74) is -0.408. The molecule has 2 heterocycles. The van der Waals surface area contributed by atoms with Crippen molar-refractivity contribution >= 4 is 35.5 Å². The van der Waals surface area contributed by atoms with Crippen LogP contribution in [0.5, 0.6) is 11.5 Å². The first-order valence-electron chi connectivity index (χ1n) is 12.6. The van der Waals surface area contributed by atoms with Gasteiger partial charge in [-0.05, 0) is 53.7 Å². The molecule has 2 amide bonds. The largest absolute Gasteiger partial charge is 0.465 e. The molecule has 0 aliphatic carbocycles. The van der Waals surface area contributed by atoms with Crippen LogP contribution >= 0.6 is 0 Å². The first-order valence-corrected chi connectivity index (χ1v) is 12.6. The van der Waals surface area contributed by atoms with E-state index in [-0.39, 0.29) is 28.7 Å². The Kier molecular flexibility index (Phi) is 9.23. The van der Waals surface area contributed by atoms with Crippen molar-refractivity contribution in [2.45, 2.75) is 52.7 Å². The number of benzene rings is 1. The highest BCUT2D eigenvalue weighted by Crippen LogP contribution is 2.33. The summed E-state index contributed by atoms with van der Waals surface area (Å²) in [6, 6.07) is 8.12. The van der Waals surface area contributed by atoms with Gasteiger partial charge in [0.2, 0.25) is 0 Å². The SMILES string of the molecule is COC(=O)c1ccc(N2CCNCC2)cc1Oc1cc(NC(=O)OC(C)(C)C)nc(NC(=O)OC(C)(C)C)c1. The van der Waals surface area contributed by atoms with Crippen LogP contribution in [0.15, 0.2) is 30.3 Å². The average Bonchev–Trinajstić information content (AvgIpc) is 2.81. The van der Waals surface area contributed by atoms with Crippen molar-refractivity contribution in [3.05, 3.63) is 35.9 Å². The maximum atomic E-state index is 12.5. The van der Waals surface area contributed by atoms with Gasteiger partial charge in [0.25, 0.3) is 0 Å². The van der Waals surface area contributed by atoms with Gasteiger partial charge in [-0.3, -0.25) is 10.6 Å². The molecule has 12 heteroatoms. The molecule has 0 radical (unpaired) electrons. The van der Waals surface area contributed by atoms with Crippen LogP contribution in [0.3, 0.4) is 0 Å². The summed E-state index contributed by atoms with van der Waals surface area (Å²) >= 11 is 0. The summed E-state index contributed by atoms with van der Waals surface area (Å²) in [5, 5.41) is 8.40. The standard InChI is InChI=1S/C27H37N5O7/c1-26(2,3)38-24(34)30-21-15-18(16-22(29-21)31-25(35)39-27(4,5)6)37-20-14-17(32-12-10-28-11-13-32)8-9-19(20)23(33)36-7/h8-9,14-16,28H,10-13H2,1-7H3,(H2,29,30,31,34,35). The van der Waals surface area contributed by atoms with Gasteiger partial charge in [-0.25, -0.2) is 19.4 Å². The van der Waals surface area contributed by atoms with Gasteiger partial charge in [0.05, 0.1) is 7.11 Å². The van der Waals surface area contributed by atoms with Gasteiger partial charge < -0.3 is 29.2 Å². The Morgan fingerprint density at radius 3 is 1.90 bits per heavy atom. The summed E-state index contributed by atoms with van der Waals surface area (Å²) in [4.78, 5) is 43.8. The van der Waals surface area contributed by atoms with Crippen LogP contribution in [0.4, 0.5) is 26.9 Å². The van der Waals surface area contributed by atoms with Crippen molar-refractivity contribution in [3.63, 3.8) is 0 Å². The topological polar surface area (TPSA) is 140 Å². The Hall–Kier alpha value is -4.06. The van der Waals surface area contributed by atoms with Gasteiger partial charge in [-0.1, -0.05) is 0 Å². The second-order valence-electron chi connectivity index (χ2n) is 10.8. The Morgan fingerprint density at radius 2 is 1.41 bits per heavy atom. The van der Waals surface area contributed by atoms with Crippen molar-refractivity contribution in [2.75, 3.05) is 48.8 Å². The first-order chi connectivity index (χ1) is 18.2. The molecule has 0 unspecified atom stereocenters. The highest BCUT2D eigenvalue weighted by Gasteiger charge is 2.22. The van der Waals surface area contributed by atoms with E-state index in [1.165, 1.54) is 19.2 Å². The van der Waals surface area contributed by atoms with Crippen LogP contribution in [-0.4, -0.2) is 67.6 Å². The van der Waals surface area contributed by atoms with Crippen molar-refractivity contribution in [1.82, 2.24) is 10.3 Å². The number of piperazine rings is 1. The minimum Gasteiger partial charge on any atom is -0.465 e. The molecule has 1 aliphatic rings. The number of nitrogens with zero attached hydrogens (tertiary/aromatic N) is 2. The third-order valence-electron chi connectivity index (χ3n) is 5.14. The molecule has 0 atom stereocenters. The molecule has 3 N–H and O–H groups in total. The molecular formula is C27H37N5O7. The molecule has 12 nitrogen and oxygen atoms in total. The molecule has 1 saturated heterocycles. The monoisotopic (exact) mass is 543 g/mol. The van der Waals surface area contributed by atoms with E-state index in [2.05, 4.69) is 25.8 Å². The molecule has 0 spiro atoms. The lowest BCUT2D eigenvalue weighted by Gasteiger charge is -2.30. The maximum absolute atomic E-state index is 12.5.